The predicted octanol–water partition coefficient (Wildman–Crippen LogP) is 0.741. The van der Waals surface area contributed by atoms with E-state index in [1.165, 1.54) is 0 Å². The summed E-state index contributed by atoms with van der Waals surface area (Å²) in [5, 5.41) is 20.0. The van der Waals surface area contributed by atoms with Crippen LogP contribution in [0.5, 0.6) is 0 Å². The fourth-order valence-corrected chi connectivity index (χ4v) is 1.70. The van der Waals surface area contributed by atoms with Gasteiger partial charge in [-0.25, -0.2) is 0 Å². The summed E-state index contributed by atoms with van der Waals surface area (Å²) in [4.78, 5) is 0. The second-order valence-corrected chi connectivity index (χ2v) is 3.87. The molecule has 3 nitrogen and oxygen atoms in total. The molecular weight excluding hydrogens is 162 g/mol. The molecule has 0 spiro atoms. The zero-order valence-electron chi connectivity index (χ0n) is 6.41. The highest BCUT2D eigenvalue weighted by Gasteiger charge is 2.35. The first-order valence-corrected chi connectivity index (χ1v) is 4.39. The number of aliphatic hydroxyl groups is 1. The van der Waals surface area contributed by atoms with E-state index in [2.05, 4.69) is 0 Å². The van der Waals surface area contributed by atoms with Gasteiger partial charge in [-0.1, -0.05) is 0 Å². The lowest BCUT2D eigenvalue weighted by molar-refractivity contribution is -0.0439. The number of nitriles is 1. The summed E-state index contributed by atoms with van der Waals surface area (Å²) in [6, 6.07) is 0. The summed E-state index contributed by atoms with van der Waals surface area (Å²) in [5.41, 5.74) is -0.737. The molecule has 1 heterocycles. The van der Waals surface area contributed by atoms with E-state index >= 15 is 0 Å². The van der Waals surface area contributed by atoms with Gasteiger partial charge in [-0.2, -0.15) is 5.26 Å². The molecule has 0 aromatic carbocycles. The molecule has 2 atom stereocenters. The van der Waals surface area contributed by atoms with Crippen molar-refractivity contribution in [1.82, 2.24) is 0 Å². The fraction of sp³-hybridized carbons (Fsp3) is 0.857. The van der Waals surface area contributed by atoms with Gasteiger partial charge in [0.1, 0.15) is 5.40 Å². The first-order valence-electron chi connectivity index (χ1n) is 3.51. The molecule has 62 valence electrons. The van der Waals surface area contributed by atoms with Crippen molar-refractivity contribution in [2.24, 2.45) is 0 Å². The van der Waals surface area contributed by atoms with Gasteiger partial charge in [-0.15, -0.1) is 0 Å². The van der Waals surface area contributed by atoms with Gasteiger partial charge in [0.25, 0.3) is 0 Å². The van der Waals surface area contributed by atoms with E-state index in [1.807, 2.05) is 5.40 Å². The van der Waals surface area contributed by atoms with E-state index in [0.29, 0.717) is 19.6 Å². The molecular formula is C7H11NO2S. The lowest BCUT2D eigenvalue weighted by atomic mass is 9.97. The summed E-state index contributed by atoms with van der Waals surface area (Å²) in [6.07, 6.45) is 0.617. The van der Waals surface area contributed by atoms with Crippen LogP contribution in [-0.4, -0.2) is 29.2 Å². The van der Waals surface area contributed by atoms with Gasteiger partial charge in [0.05, 0.1) is 17.5 Å². The Balaban J connectivity index is 2.54. The number of rotatable bonds is 1. The first kappa shape index (κ1) is 8.85. The fourth-order valence-electron chi connectivity index (χ4n) is 1.03. The molecule has 0 aromatic heterocycles. The Labute approximate surface area is 70.3 Å². The molecule has 0 radical (unpaired) electrons. The number of hydrogen-bond acceptors (Lipinski definition) is 4. The molecule has 0 aromatic rings. The molecule has 11 heavy (non-hydrogen) atoms. The number of thiocyanates is 1. The Bertz CT molecular complexity index is 176. The van der Waals surface area contributed by atoms with Crippen LogP contribution in [0.2, 0.25) is 0 Å². The maximum absolute atomic E-state index is 9.71. The summed E-state index contributed by atoms with van der Waals surface area (Å²) < 4.78 is 5.14. The number of ether oxygens (including phenoxy) is 1. The van der Waals surface area contributed by atoms with E-state index in [0.717, 1.165) is 11.8 Å². The molecule has 1 saturated heterocycles. The molecule has 1 rings (SSSR count). The zero-order chi connectivity index (χ0) is 8.32. The van der Waals surface area contributed by atoms with Crippen LogP contribution < -0.4 is 0 Å². The van der Waals surface area contributed by atoms with E-state index < -0.39 is 5.60 Å². The molecule has 0 amide bonds. The quantitative estimate of drug-likeness (QED) is 0.594. The van der Waals surface area contributed by atoms with Crippen LogP contribution in [0.4, 0.5) is 0 Å². The Morgan fingerprint density at radius 3 is 3.09 bits per heavy atom. The third-order valence-corrected chi connectivity index (χ3v) is 2.94. The Morgan fingerprint density at radius 2 is 2.55 bits per heavy atom. The first-order chi connectivity index (χ1) is 5.17. The molecule has 0 bridgehead atoms. The zero-order valence-corrected chi connectivity index (χ0v) is 7.23. The monoisotopic (exact) mass is 173 g/mol. The molecule has 1 N–H and O–H groups in total. The highest BCUT2D eigenvalue weighted by molar-refractivity contribution is 8.04. The lowest BCUT2D eigenvalue weighted by Crippen LogP contribution is -2.44. The second kappa shape index (κ2) is 3.44. The molecule has 1 aliphatic rings. The highest BCUT2D eigenvalue weighted by Crippen LogP contribution is 2.29. The van der Waals surface area contributed by atoms with Gasteiger partial charge in [0, 0.05) is 13.0 Å². The number of hydrogen-bond donors (Lipinski definition) is 1. The van der Waals surface area contributed by atoms with Crippen molar-refractivity contribution in [3.8, 4) is 5.40 Å². The van der Waals surface area contributed by atoms with Crippen LogP contribution in [0.15, 0.2) is 0 Å². The van der Waals surface area contributed by atoms with Gasteiger partial charge in [-0.05, 0) is 18.7 Å². The van der Waals surface area contributed by atoms with Crippen LogP contribution in [-0.2, 0) is 4.74 Å². The van der Waals surface area contributed by atoms with E-state index in [-0.39, 0.29) is 5.25 Å². The topological polar surface area (TPSA) is 53.2 Å². The molecule has 1 fully saturated rings. The van der Waals surface area contributed by atoms with Crippen LogP contribution in [0.25, 0.3) is 0 Å². The maximum atomic E-state index is 9.71. The molecule has 0 aliphatic carbocycles. The minimum atomic E-state index is -0.737. The molecule has 2 unspecified atom stereocenters. The number of nitrogens with zero attached hydrogens (tertiary/aromatic N) is 1. The average molecular weight is 173 g/mol. The Hall–Kier alpha value is -0.240. The van der Waals surface area contributed by atoms with Crippen molar-refractivity contribution in [3.63, 3.8) is 0 Å². The number of thioether (sulfide) groups is 1. The van der Waals surface area contributed by atoms with Crippen LogP contribution in [0, 0.1) is 10.7 Å². The standard InChI is InChI=1S/C7H11NO2S/c1-7(9)2-3-10-4-6(7)11-5-8/h6,9H,2-4H2,1H3. The highest BCUT2D eigenvalue weighted by atomic mass is 32.2. The SMILES string of the molecule is CC1(O)CCOCC1SC#N. The summed E-state index contributed by atoms with van der Waals surface area (Å²) in [7, 11) is 0. The molecule has 1 aliphatic heterocycles. The smallest absolute Gasteiger partial charge is 0.133 e. The van der Waals surface area contributed by atoms with Crippen LogP contribution >= 0.6 is 11.8 Å². The van der Waals surface area contributed by atoms with Crippen molar-refractivity contribution in [3.05, 3.63) is 0 Å². The second-order valence-electron chi connectivity index (χ2n) is 2.88. The maximum Gasteiger partial charge on any atom is 0.133 e. The van der Waals surface area contributed by atoms with Gasteiger partial charge in [0.15, 0.2) is 0 Å². The van der Waals surface area contributed by atoms with Crippen LogP contribution in [0.1, 0.15) is 13.3 Å². The van der Waals surface area contributed by atoms with E-state index in [4.69, 9.17) is 10.00 Å². The van der Waals surface area contributed by atoms with Gasteiger partial charge >= 0.3 is 0 Å². The van der Waals surface area contributed by atoms with E-state index in [9.17, 15) is 5.11 Å². The minimum Gasteiger partial charge on any atom is -0.389 e. The van der Waals surface area contributed by atoms with Gasteiger partial charge in [0.2, 0.25) is 0 Å². The molecule has 0 saturated carbocycles. The predicted molar refractivity (Wildman–Crippen MR) is 43.1 cm³/mol. The van der Waals surface area contributed by atoms with Crippen LogP contribution in [0.3, 0.4) is 0 Å². The Kier molecular flexibility index (Phi) is 2.77. The minimum absolute atomic E-state index is 0.0961. The summed E-state index contributed by atoms with van der Waals surface area (Å²) >= 11 is 1.09. The Morgan fingerprint density at radius 1 is 1.82 bits per heavy atom. The largest absolute Gasteiger partial charge is 0.389 e. The summed E-state index contributed by atoms with van der Waals surface area (Å²) in [6.45, 7) is 2.82. The van der Waals surface area contributed by atoms with Gasteiger partial charge < -0.3 is 9.84 Å². The molecule has 4 heteroatoms. The van der Waals surface area contributed by atoms with Crippen molar-refractivity contribution in [2.75, 3.05) is 13.2 Å². The van der Waals surface area contributed by atoms with Crippen molar-refractivity contribution in [1.29, 1.82) is 5.26 Å². The lowest BCUT2D eigenvalue weighted by Gasteiger charge is -2.34. The van der Waals surface area contributed by atoms with Gasteiger partial charge in [-0.3, -0.25) is 0 Å². The third-order valence-electron chi connectivity index (χ3n) is 1.91. The normalized spacial score (nSPS) is 38.1. The third kappa shape index (κ3) is 2.09. The van der Waals surface area contributed by atoms with Crippen molar-refractivity contribution in [2.45, 2.75) is 24.2 Å². The van der Waals surface area contributed by atoms with E-state index in [1.54, 1.807) is 6.92 Å². The summed E-state index contributed by atoms with van der Waals surface area (Å²) in [5.74, 6) is 0. The van der Waals surface area contributed by atoms with Crippen molar-refractivity contribution < 1.29 is 9.84 Å². The average Bonchev–Trinajstić information content (AvgIpc) is 1.94. The van der Waals surface area contributed by atoms with Crippen molar-refractivity contribution >= 4 is 11.8 Å².